The lowest BCUT2D eigenvalue weighted by Gasteiger charge is -2.25. The lowest BCUT2D eigenvalue weighted by Crippen LogP contribution is -2.39. The Morgan fingerprint density at radius 1 is 1.25 bits per heavy atom. The predicted octanol–water partition coefficient (Wildman–Crippen LogP) is -2.80. The molecule has 5 atom stereocenters. The number of aromatic amines is 1. The number of hydrogen-bond donors (Lipinski definition) is 5. The zero-order valence-corrected chi connectivity index (χ0v) is 18.2. The number of H-pyrrole nitrogens is 1. The molecular formula is C16H25N4O11P. The van der Waals surface area contributed by atoms with Gasteiger partial charge in [0.1, 0.15) is 24.9 Å². The number of nitrogens with one attached hydrogen (secondary N) is 3. The molecule has 0 spiro atoms. The minimum atomic E-state index is -4.57. The third kappa shape index (κ3) is 6.56. The number of carbonyl (C=O) groups excluding carboxylic acids is 2. The van der Waals surface area contributed by atoms with Crippen molar-refractivity contribution < 1.29 is 42.7 Å². The molecule has 1 aliphatic heterocycles. The Kier molecular flexibility index (Phi) is 9.27. The molecule has 180 valence electrons. The average molecular weight is 480 g/mol. The number of carbonyl (C=O) groups is 2. The molecule has 16 heteroatoms. The number of phosphoric ester groups is 1. The zero-order valence-electron chi connectivity index (χ0n) is 17.3. The number of hydrogen-bond acceptors (Lipinski definition) is 11. The molecule has 1 fully saturated rings. The van der Waals surface area contributed by atoms with Crippen LogP contribution < -0.4 is 21.9 Å². The molecule has 1 aliphatic rings. The minimum absolute atomic E-state index is 0.213. The van der Waals surface area contributed by atoms with Gasteiger partial charge in [-0.2, -0.15) is 0 Å². The van der Waals surface area contributed by atoms with E-state index in [1.165, 1.54) is 14.1 Å². The SMILES string of the molecule is CNC(=O)CCOP(=O)(OCC(=O)NC)OC1C(O)[C@H](n2ccc(=O)[nH]c2=O)O[C@@H]1CO. The van der Waals surface area contributed by atoms with Gasteiger partial charge in [-0.25, -0.2) is 9.36 Å². The fourth-order valence-corrected chi connectivity index (χ4v) is 4.03. The van der Waals surface area contributed by atoms with Gasteiger partial charge in [0, 0.05) is 26.4 Å². The Bertz CT molecular complexity index is 964. The smallest absolute Gasteiger partial charge is 0.394 e. The van der Waals surface area contributed by atoms with Crippen LogP contribution in [0.5, 0.6) is 0 Å². The highest BCUT2D eigenvalue weighted by atomic mass is 31.2. The molecule has 1 saturated heterocycles. The van der Waals surface area contributed by atoms with E-state index in [2.05, 4.69) is 10.6 Å². The zero-order chi connectivity index (χ0) is 23.9. The molecule has 2 heterocycles. The Labute approximate surface area is 181 Å². The van der Waals surface area contributed by atoms with Crippen LogP contribution in [0.2, 0.25) is 0 Å². The van der Waals surface area contributed by atoms with Crippen molar-refractivity contribution in [3.05, 3.63) is 33.1 Å². The highest BCUT2D eigenvalue weighted by Gasteiger charge is 2.49. The third-order valence-corrected chi connectivity index (χ3v) is 5.80. The van der Waals surface area contributed by atoms with Crippen LogP contribution in [0, 0.1) is 0 Å². The molecule has 1 aromatic rings. The molecule has 32 heavy (non-hydrogen) atoms. The van der Waals surface area contributed by atoms with E-state index in [9.17, 15) is 34.0 Å². The van der Waals surface area contributed by atoms with Crippen LogP contribution in [-0.2, 0) is 32.5 Å². The van der Waals surface area contributed by atoms with Gasteiger partial charge in [-0.15, -0.1) is 0 Å². The van der Waals surface area contributed by atoms with E-state index >= 15 is 0 Å². The first kappa shape index (κ1) is 25.9. The molecule has 2 amide bonds. The molecule has 0 aromatic carbocycles. The Morgan fingerprint density at radius 3 is 2.53 bits per heavy atom. The van der Waals surface area contributed by atoms with E-state index in [1.54, 1.807) is 0 Å². The molecule has 0 bridgehead atoms. The van der Waals surface area contributed by atoms with Gasteiger partial charge in [0.25, 0.3) is 5.56 Å². The number of phosphoric acid groups is 1. The summed E-state index contributed by atoms with van der Waals surface area (Å²) in [4.78, 5) is 48.2. The lowest BCUT2D eigenvalue weighted by atomic mass is 10.1. The quantitative estimate of drug-likeness (QED) is 0.204. The summed E-state index contributed by atoms with van der Waals surface area (Å²) in [5.41, 5.74) is -1.58. The first-order valence-electron chi connectivity index (χ1n) is 9.38. The number of ether oxygens (including phenoxy) is 1. The number of amides is 2. The van der Waals surface area contributed by atoms with Crippen LogP contribution in [0.3, 0.4) is 0 Å². The first-order chi connectivity index (χ1) is 15.1. The largest absolute Gasteiger partial charge is 0.475 e. The van der Waals surface area contributed by atoms with Gasteiger partial charge >= 0.3 is 13.5 Å². The molecular weight excluding hydrogens is 455 g/mol. The Hall–Kier alpha value is -2.39. The Balaban J connectivity index is 2.23. The number of aliphatic hydroxyl groups is 2. The number of rotatable bonds is 11. The predicted molar refractivity (Wildman–Crippen MR) is 105 cm³/mol. The van der Waals surface area contributed by atoms with E-state index in [1.807, 2.05) is 4.98 Å². The van der Waals surface area contributed by atoms with Gasteiger partial charge in [0.05, 0.1) is 19.6 Å². The number of likely N-dealkylation sites (N-methyl/N-ethyl adjacent to an activating group) is 1. The van der Waals surface area contributed by atoms with Crippen molar-refractivity contribution in [3.8, 4) is 0 Å². The van der Waals surface area contributed by atoms with Crippen LogP contribution >= 0.6 is 7.82 Å². The summed E-state index contributed by atoms with van der Waals surface area (Å²) in [5.74, 6) is -1.10. The van der Waals surface area contributed by atoms with Crippen LogP contribution in [0.1, 0.15) is 12.6 Å². The van der Waals surface area contributed by atoms with Gasteiger partial charge in [-0.3, -0.25) is 37.5 Å². The molecule has 2 rings (SSSR count). The topological polar surface area (TPSA) is 208 Å². The summed E-state index contributed by atoms with van der Waals surface area (Å²) in [6.45, 7) is -1.87. The molecule has 0 aliphatic carbocycles. The molecule has 5 N–H and O–H groups in total. The monoisotopic (exact) mass is 480 g/mol. The standard InChI is InChI=1S/C16H25N4O11P/c1-17-10(22)4-6-28-32(27,29-8-12(24)18-2)31-14-9(7-21)30-15(13(14)25)20-5-3-11(23)19-16(20)26/h3,5,9,13-15,21,25H,4,6-8H2,1-2H3,(H,17,22)(H,18,24)(H,19,23,26)/t9-,13?,14?,15-,32?/m1/s1. The van der Waals surface area contributed by atoms with Crippen molar-refractivity contribution in [2.45, 2.75) is 31.0 Å². The molecule has 1 aromatic heterocycles. The van der Waals surface area contributed by atoms with E-state index in [4.69, 9.17) is 18.3 Å². The van der Waals surface area contributed by atoms with E-state index in [0.717, 1.165) is 16.8 Å². The maximum Gasteiger partial charge on any atom is 0.475 e. The van der Waals surface area contributed by atoms with Gasteiger partial charge in [-0.05, 0) is 0 Å². The normalized spacial score (nSPS) is 24.6. The fraction of sp³-hybridized carbons (Fsp3) is 0.625. The van der Waals surface area contributed by atoms with Crippen molar-refractivity contribution in [2.75, 3.05) is 33.9 Å². The van der Waals surface area contributed by atoms with Gasteiger partial charge in [0.15, 0.2) is 6.23 Å². The van der Waals surface area contributed by atoms with Crippen LogP contribution in [0.4, 0.5) is 0 Å². The Morgan fingerprint density at radius 2 is 1.94 bits per heavy atom. The summed E-state index contributed by atoms with van der Waals surface area (Å²) in [6, 6.07) is 1.01. The summed E-state index contributed by atoms with van der Waals surface area (Å²) >= 11 is 0. The lowest BCUT2D eigenvalue weighted by molar-refractivity contribution is -0.124. The van der Waals surface area contributed by atoms with Crippen LogP contribution in [0.25, 0.3) is 0 Å². The van der Waals surface area contributed by atoms with Crippen molar-refractivity contribution in [3.63, 3.8) is 0 Å². The van der Waals surface area contributed by atoms with Crippen LogP contribution in [0.15, 0.2) is 21.9 Å². The summed E-state index contributed by atoms with van der Waals surface area (Å²) in [7, 11) is -1.87. The number of nitrogens with zero attached hydrogens (tertiary/aromatic N) is 1. The molecule has 0 saturated carbocycles. The second-order valence-corrected chi connectivity index (χ2v) is 8.10. The number of aromatic nitrogens is 2. The van der Waals surface area contributed by atoms with Gasteiger partial charge < -0.3 is 25.6 Å². The fourth-order valence-electron chi connectivity index (χ4n) is 2.69. The molecule has 0 radical (unpaired) electrons. The summed E-state index contributed by atoms with van der Waals surface area (Å²) < 4.78 is 34.8. The van der Waals surface area contributed by atoms with Crippen LogP contribution in [-0.4, -0.2) is 83.8 Å². The maximum atomic E-state index is 13.1. The third-order valence-electron chi connectivity index (χ3n) is 4.36. The number of aliphatic hydroxyl groups excluding tert-OH is 2. The summed E-state index contributed by atoms with van der Waals surface area (Å²) in [5, 5.41) is 24.8. The van der Waals surface area contributed by atoms with Crippen molar-refractivity contribution in [2.24, 2.45) is 0 Å². The van der Waals surface area contributed by atoms with E-state index in [0.29, 0.717) is 0 Å². The molecule has 3 unspecified atom stereocenters. The first-order valence-corrected chi connectivity index (χ1v) is 10.8. The van der Waals surface area contributed by atoms with Crippen molar-refractivity contribution in [1.29, 1.82) is 0 Å². The van der Waals surface area contributed by atoms with E-state index < -0.39 is 75.2 Å². The molecule has 15 nitrogen and oxygen atoms in total. The minimum Gasteiger partial charge on any atom is -0.394 e. The van der Waals surface area contributed by atoms with Gasteiger partial charge in [0.2, 0.25) is 11.8 Å². The second-order valence-electron chi connectivity index (χ2n) is 6.48. The highest BCUT2D eigenvalue weighted by Crippen LogP contribution is 2.53. The van der Waals surface area contributed by atoms with Crippen molar-refractivity contribution in [1.82, 2.24) is 20.2 Å². The van der Waals surface area contributed by atoms with E-state index in [-0.39, 0.29) is 6.42 Å². The average Bonchev–Trinajstić information content (AvgIpc) is 3.07. The van der Waals surface area contributed by atoms with Crippen molar-refractivity contribution >= 4 is 19.6 Å². The highest BCUT2D eigenvalue weighted by molar-refractivity contribution is 7.48. The summed E-state index contributed by atoms with van der Waals surface area (Å²) in [6.07, 6.45) is -5.05. The second kappa shape index (κ2) is 11.5. The maximum absolute atomic E-state index is 13.1. The van der Waals surface area contributed by atoms with Gasteiger partial charge in [-0.1, -0.05) is 0 Å².